The van der Waals surface area contributed by atoms with Gasteiger partial charge in [0.15, 0.2) is 0 Å². The standard InChI is InChI=1S/C8H10F6O3/c1-6(7(9,10)11,8(12,13)14)5(15)17-4-3-16-2/h3-4H2,1-2H3. The molecule has 17 heavy (non-hydrogen) atoms. The Morgan fingerprint density at radius 2 is 1.41 bits per heavy atom. The molecule has 9 heteroatoms. The van der Waals surface area contributed by atoms with E-state index in [-0.39, 0.29) is 13.5 Å². The third-order valence-corrected chi connectivity index (χ3v) is 2.06. The molecule has 0 bridgehead atoms. The van der Waals surface area contributed by atoms with Crippen LogP contribution in [0.4, 0.5) is 26.3 Å². The number of rotatable bonds is 4. The molecule has 0 rings (SSSR count). The molecule has 0 spiro atoms. The second-order valence-corrected chi connectivity index (χ2v) is 3.25. The minimum Gasteiger partial charge on any atom is -0.462 e. The van der Waals surface area contributed by atoms with Gasteiger partial charge in [-0.15, -0.1) is 0 Å². The van der Waals surface area contributed by atoms with E-state index in [2.05, 4.69) is 9.47 Å². The Hall–Kier alpha value is -0.990. The Labute approximate surface area is 92.7 Å². The number of halogens is 6. The zero-order valence-electron chi connectivity index (χ0n) is 8.91. The number of ether oxygens (including phenoxy) is 2. The molecule has 0 saturated carbocycles. The van der Waals surface area contributed by atoms with E-state index in [1.807, 2.05) is 0 Å². The summed E-state index contributed by atoms with van der Waals surface area (Å²) in [5.41, 5.74) is -4.53. The Kier molecular flexibility index (Phi) is 4.81. The predicted molar refractivity (Wildman–Crippen MR) is 43.1 cm³/mol. The van der Waals surface area contributed by atoms with Crippen LogP contribution < -0.4 is 0 Å². The summed E-state index contributed by atoms with van der Waals surface area (Å²) in [5, 5.41) is 0. The van der Waals surface area contributed by atoms with E-state index in [1.165, 1.54) is 0 Å². The molecule has 0 radical (unpaired) electrons. The largest absolute Gasteiger partial charge is 0.462 e. The van der Waals surface area contributed by atoms with Crippen molar-refractivity contribution in [1.82, 2.24) is 0 Å². The normalized spacial score (nSPS) is 13.6. The van der Waals surface area contributed by atoms with Gasteiger partial charge in [-0.05, 0) is 6.92 Å². The van der Waals surface area contributed by atoms with Crippen LogP contribution in [0.5, 0.6) is 0 Å². The SMILES string of the molecule is COCCOC(=O)C(C)(C(F)(F)F)C(F)(F)F. The average molecular weight is 268 g/mol. The summed E-state index contributed by atoms with van der Waals surface area (Å²) in [7, 11) is 1.15. The lowest BCUT2D eigenvalue weighted by molar-refractivity contribution is -0.326. The van der Waals surface area contributed by atoms with Crippen LogP contribution in [0, 0.1) is 5.41 Å². The molecule has 0 aromatic carbocycles. The number of carbonyl (C=O) groups excluding carboxylic acids is 1. The highest BCUT2D eigenvalue weighted by molar-refractivity contribution is 5.78. The molecular weight excluding hydrogens is 258 g/mol. The number of hydrogen-bond acceptors (Lipinski definition) is 3. The smallest absolute Gasteiger partial charge is 0.413 e. The van der Waals surface area contributed by atoms with Gasteiger partial charge in [-0.2, -0.15) is 26.3 Å². The third kappa shape index (κ3) is 3.24. The summed E-state index contributed by atoms with van der Waals surface area (Å²) in [6, 6.07) is 0. The fourth-order valence-electron chi connectivity index (χ4n) is 0.754. The molecule has 0 aromatic rings. The van der Waals surface area contributed by atoms with Crippen LogP contribution in [-0.4, -0.2) is 38.6 Å². The van der Waals surface area contributed by atoms with E-state index in [9.17, 15) is 31.1 Å². The first-order valence-corrected chi connectivity index (χ1v) is 4.28. The predicted octanol–water partition coefficient (Wildman–Crippen LogP) is 2.31. The minimum absolute atomic E-state index is 0.262. The van der Waals surface area contributed by atoms with Gasteiger partial charge >= 0.3 is 18.3 Å². The summed E-state index contributed by atoms with van der Waals surface area (Å²) in [6.45, 7) is -1.24. The molecule has 0 N–H and O–H groups in total. The van der Waals surface area contributed by atoms with E-state index in [4.69, 9.17) is 0 Å². The molecule has 0 fully saturated rings. The Morgan fingerprint density at radius 1 is 1.00 bits per heavy atom. The van der Waals surface area contributed by atoms with E-state index in [0.717, 1.165) is 7.11 Å². The monoisotopic (exact) mass is 268 g/mol. The van der Waals surface area contributed by atoms with Crippen LogP contribution in [0.1, 0.15) is 6.92 Å². The van der Waals surface area contributed by atoms with Crippen LogP contribution >= 0.6 is 0 Å². The summed E-state index contributed by atoms with van der Waals surface area (Å²) >= 11 is 0. The molecule has 0 unspecified atom stereocenters. The van der Waals surface area contributed by atoms with Crippen LogP contribution in [0.2, 0.25) is 0 Å². The first kappa shape index (κ1) is 16.0. The van der Waals surface area contributed by atoms with Crippen molar-refractivity contribution in [3.8, 4) is 0 Å². The summed E-state index contributed by atoms with van der Waals surface area (Å²) in [5.74, 6) is -2.39. The number of carbonyl (C=O) groups is 1. The number of alkyl halides is 6. The maximum atomic E-state index is 12.3. The second-order valence-electron chi connectivity index (χ2n) is 3.25. The first-order valence-electron chi connectivity index (χ1n) is 4.28. The molecule has 102 valence electrons. The highest BCUT2D eigenvalue weighted by Gasteiger charge is 2.73. The molecule has 0 aliphatic heterocycles. The van der Waals surface area contributed by atoms with Gasteiger partial charge in [-0.1, -0.05) is 0 Å². The van der Waals surface area contributed by atoms with E-state index in [1.54, 1.807) is 0 Å². The topological polar surface area (TPSA) is 35.5 Å². The summed E-state index contributed by atoms with van der Waals surface area (Å²) in [4.78, 5) is 10.9. The van der Waals surface area contributed by atoms with Gasteiger partial charge in [0.2, 0.25) is 0 Å². The van der Waals surface area contributed by atoms with Gasteiger partial charge in [0.1, 0.15) is 6.61 Å². The van der Waals surface area contributed by atoms with Gasteiger partial charge in [0.25, 0.3) is 5.41 Å². The van der Waals surface area contributed by atoms with Gasteiger partial charge in [0, 0.05) is 7.11 Å². The van der Waals surface area contributed by atoms with Gasteiger partial charge < -0.3 is 9.47 Å². The number of esters is 1. The van der Waals surface area contributed by atoms with Crippen molar-refractivity contribution in [3.63, 3.8) is 0 Å². The molecule has 0 aliphatic carbocycles. The lowest BCUT2D eigenvalue weighted by Gasteiger charge is -2.31. The lowest BCUT2D eigenvalue weighted by Crippen LogP contribution is -2.54. The molecule has 3 nitrogen and oxygen atoms in total. The highest BCUT2D eigenvalue weighted by Crippen LogP contribution is 2.50. The minimum atomic E-state index is -5.78. The van der Waals surface area contributed by atoms with E-state index < -0.39 is 30.3 Å². The van der Waals surface area contributed by atoms with Gasteiger partial charge in [0.05, 0.1) is 6.61 Å². The van der Waals surface area contributed by atoms with Gasteiger partial charge in [-0.3, -0.25) is 4.79 Å². The molecule has 0 atom stereocenters. The zero-order chi connectivity index (χ0) is 13.9. The second kappa shape index (κ2) is 5.11. The molecule has 0 amide bonds. The molecule has 0 aliphatic rings. The maximum Gasteiger partial charge on any atom is 0.413 e. The fourth-order valence-corrected chi connectivity index (χ4v) is 0.754. The van der Waals surface area contributed by atoms with Crippen LogP contribution in [-0.2, 0) is 14.3 Å². The van der Waals surface area contributed by atoms with E-state index in [0.29, 0.717) is 0 Å². The number of hydrogen-bond donors (Lipinski definition) is 0. The van der Waals surface area contributed by atoms with Crippen molar-refractivity contribution in [2.24, 2.45) is 5.41 Å². The summed E-state index contributed by atoms with van der Waals surface area (Å²) < 4.78 is 82.1. The van der Waals surface area contributed by atoms with Crippen molar-refractivity contribution >= 4 is 5.97 Å². The molecule has 0 heterocycles. The molecule has 0 aromatic heterocycles. The quantitative estimate of drug-likeness (QED) is 0.446. The molecule has 0 saturated heterocycles. The molecular formula is C8H10F6O3. The van der Waals surface area contributed by atoms with Crippen molar-refractivity contribution < 1.29 is 40.6 Å². The Bertz CT molecular complexity index is 255. The first-order chi connectivity index (χ1) is 7.48. The zero-order valence-corrected chi connectivity index (χ0v) is 8.91. The van der Waals surface area contributed by atoms with Crippen molar-refractivity contribution in [3.05, 3.63) is 0 Å². The van der Waals surface area contributed by atoms with Crippen molar-refractivity contribution in [2.75, 3.05) is 20.3 Å². The fraction of sp³-hybridized carbons (Fsp3) is 0.875. The van der Waals surface area contributed by atoms with Crippen molar-refractivity contribution in [2.45, 2.75) is 19.3 Å². The summed E-state index contributed by atoms with van der Waals surface area (Å²) in [6.07, 6.45) is -11.6. The maximum absolute atomic E-state index is 12.3. The Morgan fingerprint density at radius 3 is 1.71 bits per heavy atom. The Balaban J connectivity index is 5.03. The van der Waals surface area contributed by atoms with E-state index >= 15 is 0 Å². The average Bonchev–Trinajstić information content (AvgIpc) is 2.13. The van der Waals surface area contributed by atoms with Crippen LogP contribution in [0.15, 0.2) is 0 Å². The van der Waals surface area contributed by atoms with Crippen molar-refractivity contribution in [1.29, 1.82) is 0 Å². The highest BCUT2D eigenvalue weighted by atomic mass is 19.4. The van der Waals surface area contributed by atoms with Gasteiger partial charge in [-0.25, -0.2) is 0 Å². The van der Waals surface area contributed by atoms with Crippen LogP contribution in [0.3, 0.4) is 0 Å². The third-order valence-electron chi connectivity index (χ3n) is 2.06. The lowest BCUT2D eigenvalue weighted by atomic mass is 9.89. The van der Waals surface area contributed by atoms with Crippen LogP contribution in [0.25, 0.3) is 0 Å². The number of methoxy groups -OCH3 is 1.